The van der Waals surface area contributed by atoms with E-state index >= 15 is 0 Å². The second-order valence-electron chi connectivity index (χ2n) is 5.96. The van der Waals surface area contributed by atoms with Gasteiger partial charge in [0.1, 0.15) is 0 Å². The Kier molecular flexibility index (Phi) is 6.87. The maximum Gasteiger partial charge on any atom is 0.222 e. The number of amides is 1. The Morgan fingerprint density at radius 3 is 2.73 bits per heavy atom. The van der Waals surface area contributed by atoms with Crippen molar-refractivity contribution >= 4 is 5.91 Å². The van der Waals surface area contributed by atoms with Crippen molar-refractivity contribution in [2.45, 2.75) is 39.3 Å². The number of rotatable bonds is 7. The van der Waals surface area contributed by atoms with Gasteiger partial charge in [0.05, 0.1) is 0 Å². The summed E-state index contributed by atoms with van der Waals surface area (Å²) in [6.45, 7) is 9.25. The first-order valence-electron chi connectivity index (χ1n) is 8.34. The lowest BCUT2D eigenvalue weighted by molar-refractivity contribution is -0.136. The lowest BCUT2D eigenvalue weighted by Crippen LogP contribution is -2.53. The third kappa shape index (κ3) is 5.11. The summed E-state index contributed by atoms with van der Waals surface area (Å²) in [6.07, 6.45) is 1.42. The molecule has 0 radical (unpaired) electrons. The van der Waals surface area contributed by atoms with Gasteiger partial charge in [0, 0.05) is 51.9 Å². The molecule has 0 spiro atoms. The van der Waals surface area contributed by atoms with Crippen molar-refractivity contribution in [2.24, 2.45) is 0 Å². The highest BCUT2D eigenvalue weighted by Gasteiger charge is 2.26. The number of ether oxygens (including phenoxy) is 1. The number of nitrogens with zero attached hydrogens (tertiary/aromatic N) is 2. The van der Waals surface area contributed by atoms with E-state index < -0.39 is 0 Å². The minimum atomic E-state index is 0.270. The smallest absolute Gasteiger partial charge is 0.222 e. The Morgan fingerprint density at radius 2 is 2.05 bits per heavy atom. The van der Waals surface area contributed by atoms with Gasteiger partial charge in [-0.05, 0) is 25.8 Å². The number of piperazine rings is 1. The molecule has 1 aromatic carbocycles. The van der Waals surface area contributed by atoms with Crippen molar-refractivity contribution in [1.29, 1.82) is 0 Å². The van der Waals surface area contributed by atoms with Crippen LogP contribution in [0, 0.1) is 0 Å². The molecule has 0 saturated carbocycles. The van der Waals surface area contributed by atoms with E-state index in [0.717, 1.165) is 39.2 Å². The first-order valence-corrected chi connectivity index (χ1v) is 8.34. The monoisotopic (exact) mass is 304 g/mol. The van der Waals surface area contributed by atoms with Crippen molar-refractivity contribution in [3.8, 4) is 0 Å². The summed E-state index contributed by atoms with van der Waals surface area (Å²) in [5.41, 5.74) is 1.34. The molecule has 122 valence electrons. The predicted molar refractivity (Wildman–Crippen MR) is 88.6 cm³/mol. The molecule has 1 saturated heterocycles. The summed E-state index contributed by atoms with van der Waals surface area (Å²) < 4.78 is 5.30. The molecule has 0 aromatic heterocycles. The average Bonchev–Trinajstić information content (AvgIpc) is 2.52. The van der Waals surface area contributed by atoms with Gasteiger partial charge < -0.3 is 9.64 Å². The van der Waals surface area contributed by atoms with Crippen LogP contribution in [-0.4, -0.2) is 54.6 Å². The number of carbonyl (C=O) groups excluding carboxylic acids is 1. The predicted octanol–water partition coefficient (Wildman–Crippen LogP) is 2.54. The number of carbonyl (C=O) groups is 1. The standard InChI is InChI=1S/C18H28N2O2/c1-3-22-13-7-10-18(21)20-12-11-19(14-16(20)2)15-17-8-5-4-6-9-17/h4-6,8-9,16H,3,7,10-15H2,1-2H3. The molecule has 1 aromatic rings. The molecule has 0 aliphatic carbocycles. The topological polar surface area (TPSA) is 32.8 Å². The second kappa shape index (κ2) is 8.91. The van der Waals surface area contributed by atoms with Gasteiger partial charge in [0.15, 0.2) is 0 Å². The largest absolute Gasteiger partial charge is 0.382 e. The van der Waals surface area contributed by atoms with Crippen LogP contribution in [0.15, 0.2) is 30.3 Å². The van der Waals surface area contributed by atoms with Crippen LogP contribution in [0.5, 0.6) is 0 Å². The van der Waals surface area contributed by atoms with E-state index in [0.29, 0.717) is 13.0 Å². The van der Waals surface area contributed by atoms with E-state index in [1.54, 1.807) is 0 Å². The van der Waals surface area contributed by atoms with Crippen molar-refractivity contribution in [3.63, 3.8) is 0 Å². The Bertz CT molecular complexity index is 450. The quantitative estimate of drug-likeness (QED) is 0.726. The fourth-order valence-electron chi connectivity index (χ4n) is 3.00. The van der Waals surface area contributed by atoms with E-state index in [4.69, 9.17) is 4.74 Å². The molecule has 22 heavy (non-hydrogen) atoms. The highest BCUT2D eigenvalue weighted by Crippen LogP contribution is 2.14. The van der Waals surface area contributed by atoms with Gasteiger partial charge in [-0.2, -0.15) is 0 Å². The lowest BCUT2D eigenvalue weighted by Gasteiger charge is -2.40. The first kappa shape index (κ1) is 17.0. The third-order valence-corrected chi connectivity index (χ3v) is 4.16. The molecule has 1 fully saturated rings. The maximum absolute atomic E-state index is 12.3. The molecule has 1 amide bonds. The highest BCUT2D eigenvalue weighted by atomic mass is 16.5. The van der Waals surface area contributed by atoms with Crippen molar-refractivity contribution < 1.29 is 9.53 Å². The summed E-state index contributed by atoms with van der Waals surface area (Å²) in [6, 6.07) is 10.8. The van der Waals surface area contributed by atoms with Crippen LogP contribution in [0.1, 0.15) is 32.3 Å². The van der Waals surface area contributed by atoms with E-state index in [1.165, 1.54) is 5.56 Å². The Labute approximate surface area is 134 Å². The fraction of sp³-hybridized carbons (Fsp3) is 0.611. The van der Waals surface area contributed by atoms with E-state index in [2.05, 4.69) is 36.1 Å². The minimum Gasteiger partial charge on any atom is -0.382 e. The van der Waals surface area contributed by atoms with Crippen molar-refractivity contribution in [2.75, 3.05) is 32.8 Å². The average molecular weight is 304 g/mol. The molecule has 2 rings (SSSR count). The molecule has 0 N–H and O–H groups in total. The van der Waals surface area contributed by atoms with E-state index in [9.17, 15) is 4.79 Å². The summed E-state index contributed by atoms with van der Waals surface area (Å²) >= 11 is 0. The van der Waals surface area contributed by atoms with Gasteiger partial charge in [-0.3, -0.25) is 9.69 Å². The van der Waals surface area contributed by atoms with Crippen LogP contribution in [0.4, 0.5) is 0 Å². The van der Waals surface area contributed by atoms with Crippen LogP contribution in [-0.2, 0) is 16.1 Å². The summed E-state index contributed by atoms with van der Waals surface area (Å²) in [7, 11) is 0. The maximum atomic E-state index is 12.3. The second-order valence-corrected chi connectivity index (χ2v) is 5.96. The van der Waals surface area contributed by atoms with E-state index in [-0.39, 0.29) is 11.9 Å². The summed E-state index contributed by atoms with van der Waals surface area (Å²) in [5.74, 6) is 0.270. The van der Waals surface area contributed by atoms with Crippen LogP contribution in [0.25, 0.3) is 0 Å². The molecule has 1 atom stereocenters. The number of hydrogen-bond acceptors (Lipinski definition) is 3. The first-order chi connectivity index (χ1) is 10.7. The third-order valence-electron chi connectivity index (χ3n) is 4.16. The van der Waals surface area contributed by atoms with E-state index in [1.807, 2.05) is 17.9 Å². The molecule has 0 bridgehead atoms. The molecule has 1 aliphatic heterocycles. The Balaban J connectivity index is 1.76. The molecule has 1 heterocycles. The fourth-order valence-corrected chi connectivity index (χ4v) is 3.00. The SMILES string of the molecule is CCOCCCC(=O)N1CCN(Cc2ccccc2)CC1C. The Morgan fingerprint density at radius 1 is 1.27 bits per heavy atom. The molecule has 1 aliphatic rings. The zero-order valence-corrected chi connectivity index (χ0v) is 13.8. The molecular weight excluding hydrogens is 276 g/mol. The van der Waals surface area contributed by atoms with Crippen LogP contribution in [0.2, 0.25) is 0 Å². The van der Waals surface area contributed by atoms with Gasteiger partial charge >= 0.3 is 0 Å². The van der Waals surface area contributed by atoms with Crippen molar-refractivity contribution in [3.05, 3.63) is 35.9 Å². The van der Waals surface area contributed by atoms with Gasteiger partial charge in [-0.25, -0.2) is 0 Å². The highest BCUT2D eigenvalue weighted by molar-refractivity contribution is 5.76. The van der Waals surface area contributed by atoms with Crippen LogP contribution < -0.4 is 0 Å². The summed E-state index contributed by atoms with van der Waals surface area (Å²) in [5, 5.41) is 0. The number of benzene rings is 1. The van der Waals surface area contributed by atoms with Gasteiger partial charge in [0.25, 0.3) is 0 Å². The lowest BCUT2D eigenvalue weighted by atomic mass is 10.1. The van der Waals surface area contributed by atoms with Gasteiger partial charge in [-0.1, -0.05) is 30.3 Å². The van der Waals surface area contributed by atoms with Crippen LogP contribution >= 0.6 is 0 Å². The van der Waals surface area contributed by atoms with Crippen molar-refractivity contribution in [1.82, 2.24) is 9.80 Å². The van der Waals surface area contributed by atoms with Gasteiger partial charge in [-0.15, -0.1) is 0 Å². The van der Waals surface area contributed by atoms with Gasteiger partial charge in [0.2, 0.25) is 5.91 Å². The van der Waals surface area contributed by atoms with Crippen LogP contribution in [0.3, 0.4) is 0 Å². The zero-order valence-electron chi connectivity index (χ0n) is 13.8. The molecule has 4 heteroatoms. The summed E-state index contributed by atoms with van der Waals surface area (Å²) in [4.78, 5) is 16.8. The zero-order chi connectivity index (χ0) is 15.8. The molecular formula is C18H28N2O2. The number of hydrogen-bond donors (Lipinski definition) is 0. The Hall–Kier alpha value is -1.39. The normalized spacial score (nSPS) is 19.4. The molecule has 4 nitrogen and oxygen atoms in total. The molecule has 1 unspecified atom stereocenters. The minimum absolute atomic E-state index is 0.270.